The fraction of sp³-hybridized carbons (Fsp3) is 0.564. The van der Waals surface area contributed by atoms with E-state index < -0.39 is 78.0 Å². The molecule has 0 amide bonds. The Balaban J connectivity index is 1.67. The van der Waals surface area contributed by atoms with Gasteiger partial charge in [0.25, 0.3) is 0 Å². The Hall–Kier alpha value is -1.65. The third-order valence-corrected chi connectivity index (χ3v) is 59.4. The molecule has 0 aliphatic carbocycles. The van der Waals surface area contributed by atoms with Crippen LogP contribution in [0.5, 0.6) is 0 Å². The highest BCUT2D eigenvalue weighted by Gasteiger charge is 2.77. The lowest BCUT2D eigenvalue weighted by atomic mass is 10.3. The summed E-state index contributed by atoms with van der Waals surface area (Å²) in [7, 11) is -34.6. The molecule has 3 aliphatic heterocycles. The maximum atomic E-state index is 13.8. The Labute approximate surface area is 467 Å². The summed E-state index contributed by atoms with van der Waals surface area (Å²) < 4.78 is 88.9. The number of rotatable bonds is 23. The molecule has 1 N–H and O–H groups in total. The summed E-state index contributed by atoms with van der Waals surface area (Å²) in [6.07, 6.45) is 0. The van der Waals surface area contributed by atoms with Crippen molar-refractivity contribution in [2.24, 2.45) is 41.4 Å². The van der Waals surface area contributed by atoms with Gasteiger partial charge in [0.15, 0.2) is 0 Å². The van der Waals surface area contributed by atoms with Crippen LogP contribution in [0.25, 0.3) is 0 Å². The van der Waals surface area contributed by atoms with Gasteiger partial charge in [-0.05, 0) is 80.8 Å². The maximum absolute atomic E-state index is 13.8. The van der Waals surface area contributed by atoms with Gasteiger partial charge in [0, 0.05) is 43.0 Å². The average Bonchev–Trinajstić information content (AvgIpc) is 3.34. The van der Waals surface area contributed by atoms with Gasteiger partial charge in [-0.25, -0.2) is 0 Å². The molecule has 76 heavy (non-hydrogen) atoms. The Kier molecular flexibility index (Phi) is 20.2. The molecule has 4 bridgehead atoms. The predicted molar refractivity (Wildman–Crippen MR) is 324 cm³/mol. The van der Waals surface area contributed by atoms with Crippen LogP contribution in [-0.4, -0.2) is 89.9 Å². The zero-order valence-electron chi connectivity index (χ0n) is 48.7. The highest BCUT2D eigenvalue weighted by molar-refractivity contribution is 7.09. The van der Waals surface area contributed by atoms with Crippen LogP contribution in [0.4, 0.5) is 0 Å². The summed E-state index contributed by atoms with van der Waals surface area (Å²) in [4.78, 5) is 13.8. The van der Waals surface area contributed by atoms with Crippen LogP contribution in [0, 0.1) is 41.4 Å². The first-order valence-electron chi connectivity index (χ1n) is 28.2. The zero-order chi connectivity index (χ0) is 55.4. The highest BCUT2D eigenvalue weighted by atomic mass is 28.6. The minimum Gasteiger partial charge on any atom is -0.422 e. The third-order valence-electron chi connectivity index (χ3n) is 13.8. The summed E-state index contributed by atoms with van der Waals surface area (Å²) in [5.74, 6) is 0.271. The lowest BCUT2D eigenvalue weighted by Crippen LogP contribution is -2.83. The molecular formula is C55H92O12Si9. The second-order valence-corrected chi connectivity index (χ2v) is 54.0. The predicted octanol–water partition coefficient (Wildman–Crippen LogP) is 11.2. The molecule has 0 spiro atoms. The van der Waals surface area contributed by atoms with Gasteiger partial charge in [0.1, 0.15) is 0 Å². The molecule has 3 aliphatic rings. The van der Waals surface area contributed by atoms with Crippen molar-refractivity contribution in [2.75, 3.05) is 7.11 Å². The molecule has 3 saturated heterocycles. The molecule has 3 fully saturated rings. The molecule has 0 saturated carbocycles. The molecule has 0 aromatic heterocycles. The van der Waals surface area contributed by atoms with E-state index in [9.17, 15) is 4.80 Å². The lowest BCUT2D eigenvalue weighted by Gasteiger charge is -2.60. The SMILES string of the molecule is CO[Si@]1(CC(C)C)O[Si]2(CC(C)C)O[Si](O)(CC(C)C)O[Si]3(CC(C)C)O[Si](CC(C)C)(O[Si](O[Si](C)(c4ccccc4)c4ccccc4)(c4ccccc4)c4ccccc4)O[Si@@](CC(C)C)(C[Si@](CC(C)C)(O3)O2)O1. The number of hydrogen-bond donors (Lipinski definition) is 1. The van der Waals surface area contributed by atoms with Gasteiger partial charge < -0.3 is 50.4 Å². The van der Waals surface area contributed by atoms with Crippen LogP contribution in [0.2, 0.25) is 54.5 Å². The molecule has 12 nitrogen and oxygen atoms in total. The summed E-state index contributed by atoms with van der Waals surface area (Å²) in [6.45, 7) is 32.8. The first-order valence-corrected chi connectivity index (χ1v) is 46.6. The minimum absolute atomic E-state index is 0.0111. The van der Waals surface area contributed by atoms with Crippen molar-refractivity contribution >= 4 is 98.8 Å². The second-order valence-electron chi connectivity index (χ2n) is 25.0. The molecule has 4 aromatic carbocycles. The standard InChI is InChI=1S/C55H92O12Si9/c1-45(2)37-69-44-70(38-46(3)4)60-73(41-49(9)10,65-72(57-15,59-69)40-48(7)8)63-71(56,39-47(5)6)64-74(61-70,42-50(11)12)66-75(62-69,43-51(13)14)67-76(54-33-25-19-26-34-54,55-35-27-20-28-36-55)58-68(16,52-29-21-17-22-30-52)53-31-23-18-24-32-53/h17-36,45-51,56H,37-44H2,1-16H3/t69-,70-,71?,72-,73?,74?,75?/m0/s1. The smallest absolute Gasteiger partial charge is 0.422 e. The van der Waals surface area contributed by atoms with E-state index in [1.54, 1.807) is 7.11 Å². The van der Waals surface area contributed by atoms with Crippen LogP contribution in [0.15, 0.2) is 121 Å². The number of fused-ring (bicyclic) bond motifs is 3. The molecule has 7 atom stereocenters. The van der Waals surface area contributed by atoms with Crippen LogP contribution in [-0.2, 0) is 45.6 Å². The van der Waals surface area contributed by atoms with Gasteiger partial charge in [0.05, 0.1) is 0 Å². The molecular weight excluding hydrogens is 1110 g/mol. The van der Waals surface area contributed by atoms with Crippen molar-refractivity contribution in [1.82, 2.24) is 0 Å². The van der Waals surface area contributed by atoms with Crippen molar-refractivity contribution in [3.63, 3.8) is 0 Å². The first kappa shape index (κ1) is 62.0. The van der Waals surface area contributed by atoms with Gasteiger partial charge in [0.2, 0.25) is 8.32 Å². The van der Waals surface area contributed by atoms with Crippen molar-refractivity contribution in [2.45, 2.75) is 151 Å². The molecule has 21 heteroatoms. The van der Waals surface area contributed by atoms with Gasteiger partial charge in [-0.15, -0.1) is 0 Å². The van der Waals surface area contributed by atoms with Gasteiger partial charge in [-0.1, -0.05) is 218 Å². The molecule has 7 rings (SSSR count). The average molecular weight is 1200 g/mol. The number of benzene rings is 4. The minimum atomic E-state index is -4.49. The van der Waals surface area contributed by atoms with E-state index in [1.807, 2.05) is 12.1 Å². The summed E-state index contributed by atoms with van der Waals surface area (Å²) in [6, 6.07) is 45.2. The molecule has 420 valence electrons. The summed E-state index contributed by atoms with van der Waals surface area (Å²) >= 11 is 0. The van der Waals surface area contributed by atoms with E-state index in [0.29, 0.717) is 41.9 Å². The molecule has 0 radical (unpaired) electrons. The van der Waals surface area contributed by atoms with E-state index in [0.717, 1.165) is 20.7 Å². The largest absolute Gasteiger partial charge is 0.484 e. The molecule has 4 aromatic rings. The molecule has 4 unspecified atom stereocenters. The fourth-order valence-corrected chi connectivity index (χ4v) is 68.7. The zero-order valence-corrected chi connectivity index (χ0v) is 57.7. The second kappa shape index (κ2) is 24.8. The Morgan fingerprint density at radius 1 is 0.408 bits per heavy atom. The van der Waals surface area contributed by atoms with Crippen LogP contribution < -0.4 is 20.7 Å². The van der Waals surface area contributed by atoms with E-state index in [1.165, 1.54) is 0 Å². The Morgan fingerprint density at radius 3 is 1.11 bits per heavy atom. The van der Waals surface area contributed by atoms with Crippen molar-refractivity contribution < 1.29 is 50.4 Å². The Bertz CT molecular complexity index is 2380. The topological polar surface area (TPSA) is 122 Å². The monoisotopic (exact) mass is 1200 g/mol. The van der Waals surface area contributed by atoms with Gasteiger partial charge in [-0.2, -0.15) is 0 Å². The summed E-state index contributed by atoms with van der Waals surface area (Å²) in [5, 5.41) is 4.00. The van der Waals surface area contributed by atoms with E-state index in [-0.39, 0.29) is 47.5 Å². The van der Waals surface area contributed by atoms with E-state index >= 15 is 0 Å². The van der Waals surface area contributed by atoms with Crippen molar-refractivity contribution in [3.8, 4) is 0 Å². The van der Waals surface area contributed by atoms with Gasteiger partial charge in [-0.3, -0.25) is 0 Å². The van der Waals surface area contributed by atoms with Crippen LogP contribution in [0.1, 0.15) is 96.9 Å². The van der Waals surface area contributed by atoms with Gasteiger partial charge >= 0.3 is 69.7 Å². The first-order chi connectivity index (χ1) is 35.7. The van der Waals surface area contributed by atoms with E-state index in [4.69, 9.17) is 45.6 Å². The van der Waals surface area contributed by atoms with Crippen molar-refractivity contribution in [1.29, 1.82) is 0 Å². The fourth-order valence-electron chi connectivity index (χ4n) is 11.7. The van der Waals surface area contributed by atoms with Crippen LogP contribution >= 0.6 is 0 Å². The maximum Gasteiger partial charge on any atom is 0.484 e. The highest BCUT2D eigenvalue weighted by Crippen LogP contribution is 2.52. The van der Waals surface area contributed by atoms with Crippen LogP contribution in [0.3, 0.4) is 0 Å². The van der Waals surface area contributed by atoms with Crippen molar-refractivity contribution in [3.05, 3.63) is 121 Å². The quantitative estimate of drug-likeness (QED) is 0.0712. The Morgan fingerprint density at radius 2 is 0.737 bits per heavy atom. The summed E-state index contributed by atoms with van der Waals surface area (Å²) in [5.41, 5.74) is 0.388. The van der Waals surface area contributed by atoms with E-state index in [2.05, 4.69) is 213 Å². The third kappa shape index (κ3) is 14.7. The normalized spacial score (nSPS) is 29.6. The molecule has 3 heterocycles. The number of hydrogen-bond acceptors (Lipinski definition) is 12. The lowest BCUT2D eigenvalue weighted by molar-refractivity contribution is 0.0446.